The van der Waals surface area contributed by atoms with Crippen molar-refractivity contribution in [3.63, 3.8) is 0 Å². The molecule has 0 saturated heterocycles. The number of para-hydroxylation sites is 1. The lowest BCUT2D eigenvalue weighted by Crippen LogP contribution is -2.25. The van der Waals surface area contributed by atoms with E-state index in [1.807, 2.05) is 30.3 Å². The lowest BCUT2D eigenvalue weighted by atomic mass is 10.1. The molecular weight excluding hydrogens is 334 g/mol. The molecule has 0 saturated carbocycles. The minimum absolute atomic E-state index is 0.0788. The molecule has 1 amide bonds. The van der Waals surface area contributed by atoms with Crippen molar-refractivity contribution in [3.05, 3.63) is 40.8 Å². The first-order valence-electron chi connectivity index (χ1n) is 7.25. The number of carbonyl (C=O) groups excluding carboxylic acids is 1. The molecule has 7 heteroatoms. The number of benzene rings is 1. The van der Waals surface area contributed by atoms with Crippen molar-refractivity contribution in [2.45, 2.75) is 13.0 Å². The SMILES string of the molecule is CS(=O)(=O)CCCNC(=O)c1cc2c(s1)-c1ccccc1OC2. The summed E-state index contributed by atoms with van der Waals surface area (Å²) in [5.74, 6) is 0.743. The first-order valence-corrected chi connectivity index (χ1v) is 10.1. The molecule has 2 heterocycles. The van der Waals surface area contributed by atoms with Gasteiger partial charge in [-0.2, -0.15) is 0 Å². The summed E-state index contributed by atoms with van der Waals surface area (Å²) in [6.45, 7) is 0.811. The summed E-state index contributed by atoms with van der Waals surface area (Å²) in [6.07, 6.45) is 1.61. The van der Waals surface area contributed by atoms with Gasteiger partial charge in [-0.05, 0) is 24.6 Å². The van der Waals surface area contributed by atoms with Gasteiger partial charge in [0.15, 0.2) is 0 Å². The van der Waals surface area contributed by atoms with Crippen molar-refractivity contribution in [2.24, 2.45) is 0 Å². The molecule has 2 aromatic rings. The van der Waals surface area contributed by atoms with E-state index >= 15 is 0 Å². The summed E-state index contributed by atoms with van der Waals surface area (Å²) in [4.78, 5) is 13.9. The van der Waals surface area contributed by atoms with Crippen LogP contribution in [0.15, 0.2) is 30.3 Å². The van der Waals surface area contributed by atoms with Gasteiger partial charge in [-0.15, -0.1) is 11.3 Å². The van der Waals surface area contributed by atoms with Crippen LogP contribution in [0, 0.1) is 0 Å². The highest BCUT2D eigenvalue weighted by Crippen LogP contribution is 2.42. The van der Waals surface area contributed by atoms with Crippen molar-refractivity contribution in [3.8, 4) is 16.2 Å². The molecular formula is C16H17NO4S2. The largest absolute Gasteiger partial charge is 0.488 e. The quantitative estimate of drug-likeness (QED) is 0.840. The molecule has 1 aromatic heterocycles. The second-order valence-corrected chi connectivity index (χ2v) is 8.80. The number of carbonyl (C=O) groups is 1. The third-order valence-electron chi connectivity index (χ3n) is 3.53. The van der Waals surface area contributed by atoms with Crippen molar-refractivity contribution >= 4 is 27.1 Å². The van der Waals surface area contributed by atoms with Gasteiger partial charge in [0.25, 0.3) is 5.91 Å². The highest BCUT2D eigenvalue weighted by atomic mass is 32.2. The van der Waals surface area contributed by atoms with Gasteiger partial charge in [-0.3, -0.25) is 4.79 Å². The van der Waals surface area contributed by atoms with Crippen LogP contribution >= 0.6 is 11.3 Å². The number of hydrogen-bond acceptors (Lipinski definition) is 5. The lowest BCUT2D eigenvalue weighted by Gasteiger charge is -2.16. The molecule has 23 heavy (non-hydrogen) atoms. The van der Waals surface area contributed by atoms with E-state index in [4.69, 9.17) is 4.74 Å². The van der Waals surface area contributed by atoms with E-state index in [2.05, 4.69) is 5.32 Å². The maximum atomic E-state index is 12.2. The normalized spacial score (nSPS) is 12.9. The van der Waals surface area contributed by atoms with Gasteiger partial charge in [0.05, 0.1) is 10.6 Å². The topological polar surface area (TPSA) is 72.5 Å². The fraction of sp³-hybridized carbons (Fsp3) is 0.312. The Labute approximate surface area is 139 Å². The number of sulfone groups is 1. The Morgan fingerprint density at radius 2 is 2.13 bits per heavy atom. The number of hydrogen-bond donors (Lipinski definition) is 1. The van der Waals surface area contributed by atoms with Gasteiger partial charge in [-0.1, -0.05) is 12.1 Å². The zero-order chi connectivity index (χ0) is 16.4. The van der Waals surface area contributed by atoms with E-state index in [0.717, 1.165) is 21.8 Å². The van der Waals surface area contributed by atoms with Crippen molar-refractivity contribution < 1.29 is 17.9 Å². The van der Waals surface area contributed by atoms with Gasteiger partial charge < -0.3 is 10.1 Å². The number of ether oxygens (including phenoxy) is 1. The first-order chi connectivity index (χ1) is 10.9. The van der Waals surface area contributed by atoms with E-state index in [-0.39, 0.29) is 11.7 Å². The van der Waals surface area contributed by atoms with E-state index in [1.54, 1.807) is 0 Å². The Morgan fingerprint density at radius 3 is 2.91 bits per heavy atom. The number of fused-ring (bicyclic) bond motifs is 3. The second-order valence-electron chi connectivity index (χ2n) is 5.49. The highest BCUT2D eigenvalue weighted by molar-refractivity contribution is 7.90. The van der Waals surface area contributed by atoms with E-state index in [9.17, 15) is 13.2 Å². The highest BCUT2D eigenvalue weighted by Gasteiger charge is 2.22. The predicted octanol–water partition coefficient (Wildman–Crippen LogP) is 2.47. The predicted molar refractivity (Wildman–Crippen MR) is 90.7 cm³/mol. The Hall–Kier alpha value is -1.86. The van der Waals surface area contributed by atoms with Crippen molar-refractivity contribution in [2.75, 3.05) is 18.6 Å². The van der Waals surface area contributed by atoms with Crippen LogP contribution in [-0.4, -0.2) is 32.9 Å². The molecule has 0 aliphatic carbocycles. The molecule has 0 bridgehead atoms. The zero-order valence-electron chi connectivity index (χ0n) is 12.7. The van der Waals surface area contributed by atoms with Gasteiger partial charge in [0.2, 0.25) is 0 Å². The molecule has 0 fully saturated rings. The zero-order valence-corrected chi connectivity index (χ0v) is 14.3. The third kappa shape index (κ3) is 3.73. The maximum absolute atomic E-state index is 12.2. The van der Waals surface area contributed by atoms with E-state index in [1.165, 1.54) is 17.6 Å². The molecule has 1 N–H and O–H groups in total. The summed E-state index contributed by atoms with van der Waals surface area (Å²) in [5, 5.41) is 2.77. The summed E-state index contributed by atoms with van der Waals surface area (Å²) >= 11 is 1.44. The second kappa shape index (κ2) is 6.33. The van der Waals surface area contributed by atoms with Gasteiger partial charge in [0.1, 0.15) is 22.2 Å². The van der Waals surface area contributed by atoms with Crippen molar-refractivity contribution in [1.82, 2.24) is 5.32 Å². The number of amides is 1. The average Bonchev–Trinajstić information content (AvgIpc) is 2.95. The smallest absolute Gasteiger partial charge is 0.261 e. The summed E-state index contributed by atoms with van der Waals surface area (Å²) < 4.78 is 27.8. The molecule has 0 spiro atoms. The molecule has 1 aliphatic rings. The molecule has 1 aromatic carbocycles. The molecule has 0 atom stereocenters. The number of nitrogens with one attached hydrogen (secondary N) is 1. The van der Waals surface area contributed by atoms with Crippen LogP contribution in [0.25, 0.3) is 10.4 Å². The number of thiophene rings is 1. The van der Waals surface area contributed by atoms with Crippen LogP contribution < -0.4 is 10.1 Å². The lowest BCUT2D eigenvalue weighted by molar-refractivity contribution is 0.0957. The van der Waals surface area contributed by atoms with Crippen LogP contribution in [0.3, 0.4) is 0 Å². The standard InChI is InChI=1S/C16H17NO4S2/c1-23(19,20)8-4-7-17-16(18)14-9-11-10-21-13-6-3-2-5-12(13)15(11)22-14/h2-3,5-6,9H,4,7-8,10H2,1H3,(H,17,18). The summed E-state index contributed by atoms with van der Waals surface area (Å²) in [6, 6.07) is 9.62. The Bertz CT molecular complexity index is 840. The Kier molecular flexibility index (Phi) is 4.41. The summed E-state index contributed by atoms with van der Waals surface area (Å²) in [5.41, 5.74) is 2.02. The van der Waals surface area contributed by atoms with Crippen LogP contribution in [0.4, 0.5) is 0 Å². The van der Waals surface area contributed by atoms with Gasteiger partial charge in [-0.25, -0.2) is 8.42 Å². The Morgan fingerprint density at radius 1 is 1.35 bits per heavy atom. The minimum atomic E-state index is -2.99. The van der Waals surface area contributed by atoms with Crippen molar-refractivity contribution in [1.29, 1.82) is 0 Å². The summed E-state index contributed by atoms with van der Waals surface area (Å²) in [7, 11) is -2.99. The minimum Gasteiger partial charge on any atom is -0.488 e. The molecule has 122 valence electrons. The molecule has 0 unspecified atom stereocenters. The number of rotatable bonds is 5. The first kappa shape index (κ1) is 16.0. The fourth-order valence-corrected chi connectivity index (χ4v) is 4.22. The van der Waals surface area contributed by atoms with Crippen LogP contribution in [0.2, 0.25) is 0 Å². The van der Waals surface area contributed by atoms with Crippen LogP contribution in [0.1, 0.15) is 21.7 Å². The molecule has 5 nitrogen and oxygen atoms in total. The molecule has 0 radical (unpaired) electrons. The Balaban J connectivity index is 1.69. The van der Waals surface area contributed by atoms with Gasteiger partial charge in [0, 0.05) is 28.8 Å². The van der Waals surface area contributed by atoms with Gasteiger partial charge >= 0.3 is 0 Å². The average molecular weight is 351 g/mol. The third-order valence-corrected chi connectivity index (χ3v) is 5.76. The molecule has 1 aliphatic heterocycles. The fourth-order valence-electron chi connectivity index (χ4n) is 2.43. The van der Waals surface area contributed by atoms with E-state index < -0.39 is 9.84 Å². The van der Waals surface area contributed by atoms with E-state index in [0.29, 0.717) is 24.4 Å². The van der Waals surface area contributed by atoms with Crippen LogP contribution in [0.5, 0.6) is 5.75 Å². The monoisotopic (exact) mass is 351 g/mol. The molecule has 3 rings (SSSR count). The van der Waals surface area contributed by atoms with Crippen LogP contribution in [-0.2, 0) is 16.4 Å². The maximum Gasteiger partial charge on any atom is 0.261 e.